The molecule has 8 nitrogen and oxygen atoms in total. The predicted octanol–water partition coefficient (Wildman–Crippen LogP) is 5.36. The highest BCUT2D eigenvalue weighted by molar-refractivity contribution is 5.94. The molecule has 0 unspecified atom stereocenters. The number of carbonyl (C=O) groups excluding carboxylic acids is 2. The molecule has 0 aromatic carbocycles. The van der Waals surface area contributed by atoms with Crippen LogP contribution < -0.4 is 10.6 Å². The molecule has 5 rings (SSSR count). The highest BCUT2D eigenvalue weighted by Crippen LogP contribution is 2.39. The van der Waals surface area contributed by atoms with Gasteiger partial charge in [-0.05, 0) is 63.6 Å². The lowest BCUT2D eigenvalue weighted by Crippen LogP contribution is -2.47. The van der Waals surface area contributed by atoms with Crippen LogP contribution in [0.4, 0.5) is 22.0 Å². The summed E-state index contributed by atoms with van der Waals surface area (Å²) >= 11 is 0. The Bertz CT molecular complexity index is 1260. The van der Waals surface area contributed by atoms with Crippen LogP contribution in [0.5, 0.6) is 0 Å². The Kier molecular flexibility index (Phi) is 9.14. The van der Waals surface area contributed by atoms with Crippen LogP contribution in [-0.4, -0.2) is 69.1 Å². The molecule has 3 aliphatic rings. The smallest absolute Gasteiger partial charge is 0.353 e. The second-order valence-electron chi connectivity index (χ2n) is 11.8. The third-order valence-electron chi connectivity index (χ3n) is 8.54. The Labute approximate surface area is 241 Å². The number of nitrogens with one attached hydrogen (secondary N) is 2. The summed E-state index contributed by atoms with van der Waals surface area (Å²) in [6, 6.07) is 1.52. The Hall–Kier alpha value is -3.09. The number of nitrogens with zero attached hydrogens (tertiary/aromatic N) is 4. The number of piperidine rings is 1. The number of rotatable bonds is 10. The van der Waals surface area contributed by atoms with E-state index in [0.29, 0.717) is 13.0 Å². The summed E-state index contributed by atoms with van der Waals surface area (Å²) < 4.78 is 71.1. The van der Waals surface area contributed by atoms with Gasteiger partial charge in [-0.3, -0.25) is 24.2 Å². The van der Waals surface area contributed by atoms with Crippen molar-refractivity contribution in [1.29, 1.82) is 0 Å². The normalized spacial score (nSPS) is 20.7. The first-order valence-electron chi connectivity index (χ1n) is 14.8. The molecule has 3 fully saturated rings. The summed E-state index contributed by atoms with van der Waals surface area (Å²) in [5.74, 6) is -3.64. The summed E-state index contributed by atoms with van der Waals surface area (Å²) in [6.45, 7) is 0.402. The lowest BCUT2D eigenvalue weighted by Gasteiger charge is -2.33. The molecule has 0 bridgehead atoms. The monoisotopic (exact) mass is 596 g/mol. The van der Waals surface area contributed by atoms with E-state index in [0.717, 1.165) is 63.4 Å². The van der Waals surface area contributed by atoms with Gasteiger partial charge in [0.2, 0.25) is 5.91 Å². The van der Waals surface area contributed by atoms with Crippen LogP contribution in [0.3, 0.4) is 0 Å². The molecule has 2 saturated carbocycles. The first-order chi connectivity index (χ1) is 20.0. The fourth-order valence-electron chi connectivity index (χ4n) is 6.10. The zero-order valence-electron chi connectivity index (χ0n) is 23.4. The van der Waals surface area contributed by atoms with Gasteiger partial charge in [0.05, 0.1) is 23.8 Å². The number of halogens is 5. The molecular weight excluding hydrogens is 559 g/mol. The van der Waals surface area contributed by atoms with E-state index in [1.807, 2.05) is 0 Å². The van der Waals surface area contributed by atoms with Crippen molar-refractivity contribution in [2.45, 2.75) is 101 Å². The highest BCUT2D eigenvalue weighted by Gasteiger charge is 2.37. The van der Waals surface area contributed by atoms with E-state index < -0.39 is 29.6 Å². The fraction of sp³-hybridized carbons (Fsp3) is 0.655. The molecule has 2 N–H and O–H groups in total. The number of pyridine rings is 1. The van der Waals surface area contributed by atoms with Crippen molar-refractivity contribution in [3.05, 3.63) is 35.8 Å². The van der Waals surface area contributed by atoms with E-state index >= 15 is 0 Å². The molecule has 230 valence electrons. The number of carbonyl (C=O) groups is 2. The van der Waals surface area contributed by atoms with Gasteiger partial charge < -0.3 is 10.6 Å². The summed E-state index contributed by atoms with van der Waals surface area (Å²) in [4.78, 5) is 31.8. The average Bonchev–Trinajstić information content (AvgIpc) is 3.59. The molecule has 13 heteroatoms. The minimum atomic E-state index is -4.63. The van der Waals surface area contributed by atoms with Crippen molar-refractivity contribution in [1.82, 2.24) is 30.3 Å². The number of amides is 2. The molecule has 1 aliphatic heterocycles. The van der Waals surface area contributed by atoms with Crippen molar-refractivity contribution in [2.75, 3.05) is 19.6 Å². The molecule has 2 aliphatic carbocycles. The van der Waals surface area contributed by atoms with Crippen LogP contribution in [0.25, 0.3) is 11.3 Å². The Morgan fingerprint density at radius 1 is 1.10 bits per heavy atom. The molecule has 0 radical (unpaired) electrons. The lowest BCUT2D eigenvalue weighted by molar-refractivity contribution is -0.137. The second kappa shape index (κ2) is 12.6. The maximum Gasteiger partial charge on any atom is 0.417 e. The summed E-state index contributed by atoms with van der Waals surface area (Å²) in [7, 11) is 0. The summed E-state index contributed by atoms with van der Waals surface area (Å²) in [5, 5.41) is 10.2. The molecule has 2 aromatic heterocycles. The molecular formula is C29H37F5N6O2. The zero-order valence-corrected chi connectivity index (χ0v) is 23.4. The van der Waals surface area contributed by atoms with Crippen molar-refractivity contribution in [2.24, 2.45) is 0 Å². The molecule has 2 aromatic rings. The summed E-state index contributed by atoms with van der Waals surface area (Å²) in [5.41, 5.74) is -0.941. The fourth-order valence-corrected chi connectivity index (χ4v) is 6.10. The third kappa shape index (κ3) is 7.45. The van der Waals surface area contributed by atoms with Crippen molar-refractivity contribution < 1.29 is 31.5 Å². The minimum absolute atomic E-state index is 0.0382. The maximum absolute atomic E-state index is 14.0. The minimum Gasteiger partial charge on any atom is -0.353 e. The topological polar surface area (TPSA) is 92.2 Å². The van der Waals surface area contributed by atoms with Crippen LogP contribution in [0.15, 0.2) is 24.5 Å². The van der Waals surface area contributed by atoms with Gasteiger partial charge in [-0.2, -0.15) is 18.3 Å². The van der Waals surface area contributed by atoms with Gasteiger partial charge in [-0.1, -0.05) is 12.8 Å². The van der Waals surface area contributed by atoms with Crippen LogP contribution >= 0.6 is 0 Å². The standard InChI is InChI=1S/C29H37F5N6O2/c30-28(31)11-4-13-39(18-28)14-10-20(15-26(41)36-19-5-3-6-19)37-27(42)24-16-25(40(38-24)21-7-1-2-8-21)22-17-35-12-9-23(22)29(32,33)34/h9,12,16-17,19-21H,1-8,10-11,13-15,18H2,(H,36,41)(H,37,42)/t20-/m0/s1. The largest absolute Gasteiger partial charge is 0.417 e. The van der Waals surface area contributed by atoms with E-state index in [4.69, 9.17) is 0 Å². The first-order valence-corrected chi connectivity index (χ1v) is 14.8. The van der Waals surface area contributed by atoms with E-state index in [9.17, 15) is 31.5 Å². The molecule has 3 heterocycles. The third-order valence-corrected chi connectivity index (χ3v) is 8.54. The molecule has 0 spiro atoms. The number of alkyl halides is 5. The van der Waals surface area contributed by atoms with E-state index in [1.165, 1.54) is 10.7 Å². The van der Waals surface area contributed by atoms with E-state index in [-0.39, 0.29) is 67.3 Å². The van der Waals surface area contributed by atoms with Gasteiger partial charge in [-0.25, -0.2) is 8.78 Å². The number of likely N-dealkylation sites (tertiary alicyclic amines) is 1. The second-order valence-corrected chi connectivity index (χ2v) is 11.8. The van der Waals surface area contributed by atoms with Gasteiger partial charge in [-0.15, -0.1) is 0 Å². The maximum atomic E-state index is 14.0. The van der Waals surface area contributed by atoms with E-state index in [1.54, 1.807) is 4.90 Å². The number of aromatic nitrogens is 3. The summed E-state index contributed by atoms with van der Waals surface area (Å²) in [6.07, 6.45) is 4.07. The molecule has 1 saturated heterocycles. The van der Waals surface area contributed by atoms with Gasteiger partial charge in [0.25, 0.3) is 11.8 Å². The molecule has 42 heavy (non-hydrogen) atoms. The Morgan fingerprint density at radius 2 is 1.86 bits per heavy atom. The quantitative estimate of drug-likeness (QED) is 0.361. The van der Waals surface area contributed by atoms with Gasteiger partial charge in [0.1, 0.15) is 0 Å². The zero-order chi connectivity index (χ0) is 29.9. The molecule has 1 atom stereocenters. The van der Waals surface area contributed by atoms with Crippen molar-refractivity contribution in [3.63, 3.8) is 0 Å². The SMILES string of the molecule is O=C(C[C@H](CCN1CCCC(F)(F)C1)NC(=O)c1cc(-c2cnccc2C(F)(F)F)n(C2CCCC2)n1)NC1CCC1. The van der Waals surface area contributed by atoms with E-state index in [2.05, 4.69) is 20.7 Å². The number of hydrogen-bond donors (Lipinski definition) is 2. The van der Waals surface area contributed by atoms with Crippen LogP contribution in [0.2, 0.25) is 0 Å². The predicted molar refractivity (Wildman–Crippen MR) is 145 cm³/mol. The Balaban J connectivity index is 1.37. The Morgan fingerprint density at radius 3 is 2.52 bits per heavy atom. The van der Waals surface area contributed by atoms with Gasteiger partial charge in [0, 0.05) is 49.4 Å². The van der Waals surface area contributed by atoms with Gasteiger partial charge >= 0.3 is 6.18 Å². The van der Waals surface area contributed by atoms with Crippen molar-refractivity contribution >= 4 is 11.8 Å². The average molecular weight is 597 g/mol. The number of hydrogen-bond acceptors (Lipinski definition) is 5. The lowest BCUT2D eigenvalue weighted by atomic mass is 9.93. The first kappa shape index (κ1) is 30.4. The van der Waals surface area contributed by atoms with Crippen molar-refractivity contribution in [3.8, 4) is 11.3 Å². The van der Waals surface area contributed by atoms with Crippen LogP contribution in [-0.2, 0) is 11.0 Å². The molecule has 2 amide bonds. The van der Waals surface area contributed by atoms with Gasteiger partial charge in [0.15, 0.2) is 5.69 Å². The highest BCUT2D eigenvalue weighted by atomic mass is 19.4. The van der Waals surface area contributed by atoms with Crippen LogP contribution in [0.1, 0.15) is 92.7 Å². The van der Waals surface area contributed by atoms with Crippen LogP contribution in [0, 0.1) is 0 Å².